The summed E-state index contributed by atoms with van der Waals surface area (Å²) >= 11 is 7.78. The Hall–Kier alpha value is -0.710. The second-order valence-corrected chi connectivity index (χ2v) is 5.66. The summed E-state index contributed by atoms with van der Waals surface area (Å²) in [4.78, 5) is 12.4. The molecule has 90 valence electrons. The van der Waals surface area contributed by atoms with Crippen LogP contribution >= 0.6 is 22.9 Å². The average molecular weight is 268 g/mol. The van der Waals surface area contributed by atoms with Crippen molar-refractivity contribution in [3.63, 3.8) is 0 Å². The summed E-state index contributed by atoms with van der Waals surface area (Å²) in [7, 11) is 0. The Kier molecular flexibility index (Phi) is 3.27. The number of piperidine rings is 1. The van der Waals surface area contributed by atoms with Crippen LogP contribution in [0.1, 0.15) is 25.1 Å². The van der Waals surface area contributed by atoms with E-state index in [4.69, 9.17) is 11.6 Å². The topological polar surface area (TPSA) is 29.0 Å². The lowest BCUT2D eigenvalue weighted by Crippen LogP contribution is -2.29. The molecule has 0 spiro atoms. The third-order valence-electron chi connectivity index (χ3n) is 3.14. The molecule has 0 aliphatic carbocycles. The van der Waals surface area contributed by atoms with E-state index in [1.165, 1.54) is 19.3 Å². The van der Waals surface area contributed by atoms with E-state index in [2.05, 4.69) is 14.9 Å². The van der Waals surface area contributed by atoms with Gasteiger partial charge in [-0.3, -0.25) is 4.90 Å². The van der Waals surface area contributed by atoms with Gasteiger partial charge in [-0.15, -0.1) is 11.3 Å². The van der Waals surface area contributed by atoms with E-state index in [1.807, 2.05) is 11.4 Å². The van der Waals surface area contributed by atoms with Crippen molar-refractivity contribution in [2.24, 2.45) is 0 Å². The van der Waals surface area contributed by atoms with Crippen molar-refractivity contribution in [3.05, 3.63) is 22.4 Å². The lowest BCUT2D eigenvalue weighted by molar-refractivity contribution is 0.216. The predicted octanol–water partition coefficient (Wildman–Crippen LogP) is 3.33. The zero-order chi connectivity index (χ0) is 11.7. The van der Waals surface area contributed by atoms with Gasteiger partial charge in [-0.05, 0) is 37.4 Å². The fourth-order valence-corrected chi connectivity index (χ4v) is 3.34. The fraction of sp³-hybridized carbons (Fsp3) is 0.500. The summed E-state index contributed by atoms with van der Waals surface area (Å²) < 4.78 is 0. The van der Waals surface area contributed by atoms with Crippen LogP contribution in [-0.4, -0.2) is 28.0 Å². The van der Waals surface area contributed by atoms with E-state index >= 15 is 0 Å². The zero-order valence-electron chi connectivity index (χ0n) is 9.53. The van der Waals surface area contributed by atoms with Crippen molar-refractivity contribution >= 4 is 33.2 Å². The minimum Gasteiger partial charge on any atom is -0.296 e. The number of thiophene rings is 1. The lowest BCUT2D eigenvalue weighted by atomic mass is 10.1. The first-order valence-electron chi connectivity index (χ1n) is 5.95. The number of rotatable bonds is 2. The summed E-state index contributed by atoms with van der Waals surface area (Å²) in [6.07, 6.45) is 3.92. The molecule has 17 heavy (non-hydrogen) atoms. The molecule has 5 heteroatoms. The van der Waals surface area contributed by atoms with Gasteiger partial charge in [-0.2, -0.15) is 0 Å². The van der Waals surface area contributed by atoms with E-state index in [1.54, 1.807) is 11.3 Å². The van der Waals surface area contributed by atoms with Crippen LogP contribution in [0.2, 0.25) is 5.15 Å². The highest BCUT2D eigenvalue weighted by atomic mass is 35.5. The van der Waals surface area contributed by atoms with Crippen LogP contribution in [0.5, 0.6) is 0 Å². The molecule has 0 atom stereocenters. The molecular weight excluding hydrogens is 254 g/mol. The number of hydrogen-bond donors (Lipinski definition) is 0. The van der Waals surface area contributed by atoms with Crippen LogP contribution in [0.15, 0.2) is 11.4 Å². The molecule has 3 rings (SSSR count). The first kappa shape index (κ1) is 11.4. The Bertz CT molecular complexity index is 519. The molecule has 1 aliphatic rings. The summed E-state index contributed by atoms with van der Waals surface area (Å²) in [5.74, 6) is 0.854. The predicted molar refractivity (Wildman–Crippen MR) is 71.6 cm³/mol. The van der Waals surface area contributed by atoms with E-state index in [0.29, 0.717) is 5.15 Å². The van der Waals surface area contributed by atoms with Crippen LogP contribution in [-0.2, 0) is 6.54 Å². The van der Waals surface area contributed by atoms with E-state index in [9.17, 15) is 0 Å². The minimum atomic E-state index is 0.586. The number of aromatic nitrogens is 2. The molecule has 2 aromatic heterocycles. The third-order valence-corrected chi connectivity index (χ3v) is 4.23. The van der Waals surface area contributed by atoms with Gasteiger partial charge in [0.2, 0.25) is 0 Å². The van der Waals surface area contributed by atoms with Crippen LogP contribution in [0.3, 0.4) is 0 Å². The molecule has 0 bridgehead atoms. The Morgan fingerprint density at radius 1 is 1.24 bits per heavy atom. The van der Waals surface area contributed by atoms with Crippen molar-refractivity contribution in [2.45, 2.75) is 25.8 Å². The first-order chi connectivity index (χ1) is 8.33. The fourth-order valence-electron chi connectivity index (χ4n) is 2.25. The molecule has 1 saturated heterocycles. The largest absolute Gasteiger partial charge is 0.296 e. The maximum Gasteiger partial charge on any atom is 0.145 e. The van der Waals surface area contributed by atoms with Gasteiger partial charge in [0.15, 0.2) is 0 Å². The Labute approximate surface area is 109 Å². The molecule has 3 heterocycles. The van der Waals surface area contributed by atoms with Gasteiger partial charge in [0, 0.05) is 5.39 Å². The van der Waals surface area contributed by atoms with Crippen LogP contribution in [0, 0.1) is 0 Å². The molecule has 0 N–H and O–H groups in total. The quantitative estimate of drug-likeness (QED) is 0.782. The number of fused-ring (bicyclic) bond motifs is 1. The van der Waals surface area contributed by atoms with E-state index in [-0.39, 0.29) is 0 Å². The highest BCUT2D eigenvalue weighted by Gasteiger charge is 2.13. The maximum absolute atomic E-state index is 6.16. The van der Waals surface area contributed by atoms with Gasteiger partial charge in [-0.1, -0.05) is 18.0 Å². The van der Waals surface area contributed by atoms with Gasteiger partial charge in [0.1, 0.15) is 15.8 Å². The number of likely N-dealkylation sites (tertiary alicyclic amines) is 1. The molecule has 0 radical (unpaired) electrons. The highest BCUT2D eigenvalue weighted by molar-refractivity contribution is 7.16. The van der Waals surface area contributed by atoms with Gasteiger partial charge in [0.05, 0.1) is 6.54 Å². The van der Waals surface area contributed by atoms with Crippen LogP contribution in [0.4, 0.5) is 0 Å². The van der Waals surface area contributed by atoms with Crippen molar-refractivity contribution in [2.75, 3.05) is 13.1 Å². The summed E-state index contributed by atoms with van der Waals surface area (Å²) in [6, 6.07) is 1.98. The Morgan fingerprint density at radius 2 is 2.06 bits per heavy atom. The van der Waals surface area contributed by atoms with Crippen molar-refractivity contribution in [1.82, 2.24) is 14.9 Å². The summed E-state index contributed by atoms with van der Waals surface area (Å²) in [5, 5.41) is 3.57. The van der Waals surface area contributed by atoms with E-state index in [0.717, 1.165) is 35.7 Å². The van der Waals surface area contributed by atoms with E-state index < -0.39 is 0 Å². The Morgan fingerprint density at radius 3 is 2.88 bits per heavy atom. The summed E-state index contributed by atoms with van der Waals surface area (Å²) in [6.45, 7) is 3.14. The van der Waals surface area contributed by atoms with Crippen molar-refractivity contribution in [1.29, 1.82) is 0 Å². The standard InChI is InChI=1S/C12H14ClN3S/c13-11-9-4-7-17-12(9)15-10(14-11)8-16-5-2-1-3-6-16/h4,7H,1-3,5-6,8H2. The van der Waals surface area contributed by atoms with Gasteiger partial charge in [-0.25, -0.2) is 9.97 Å². The van der Waals surface area contributed by atoms with Gasteiger partial charge < -0.3 is 0 Å². The van der Waals surface area contributed by atoms with Crippen molar-refractivity contribution < 1.29 is 0 Å². The second kappa shape index (κ2) is 4.88. The molecule has 1 fully saturated rings. The molecule has 2 aromatic rings. The molecule has 0 aromatic carbocycles. The molecule has 0 saturated carbocycles. The number of nitrogens with zero attached hydrogens (tertiary/aromatic N) is 3. The number of hydrogen-bond acceptors (Lipinski definition) is 4. The SMILES string of the molecule is Clc1nc(CN2CCCCC2)nc2sccc12. The lowest BCUT2D eigenvalue weighted by Gasteiger charge is -2.25. The van der Waals surface area contributed by atoms with Gasteiger partial charge >= 0.3 is 0 Å². The maximum atomic E-state index is 6.16. The molecule has 1 aliphatic heterocycles. The number of halogens is 1. The van der Waals surface area contributed by atoms with Crippen LogP contribution < -0.4 is 0 Å². The normalized spacial score (nSPS) is 17.7. The highest BCUT2D eigenvalue weighted by Crippen LogP contribution is 2.25. The monoisotopic (exact) mass is 267 g/mol. The van der Waals surface area contributed by atoms with Gasteiger partial charge in [0.25, 0.3) is 0 Å². The summed E-state index contributed by atoms with van der Waals surface area (Å²) in [5.41, 5.74) is 0. The average Bonchev–Trinajstić information content (AvgIpc) is 2.79. The Balaban J connectivity index is 1.84. The molecule has 0 amide bonds. The molecular formula is C12H14ClN3S. The first-order valence-corrected chi connectivity index (χ1v) is 7.21. The second-order valence-electron chi connectivity index (χ2n) is 4.41. The smallest absolute Gasteiger partial charge is 0.145 e. The van der Waals surface area contributed by atoms with Crippen molar-refractivity contribution in [3.8, 4) is 0 Å². The zero-order valence-corrected chi connectivity index (χ0v) is 11.1. The molecule has 0 unspecified atom stereocenters. The minimum absolute atomic E-state index is 0.586. The van der Waals surface area contributed by atoms with Crippen LogP contribution in [0.25, 0.3) is 10.2 Å². The molecule has 3 nitrogen and oxygen atoms in total. The third kappa shape index (κ3) is 2.44.